The van der Waals surface area contributed by atoms with Crippen LogP contribution in [0.2, 0.25) is 0 Å². The SMILES string of the molecule is CC(=O)N1CC2(CC2)c2ccc(N/N=C(\C#N)C(=N)N)cc21. The molecule has 7 heteroatoms. The quantitative estimate of drug-likeness (QED) is 0.442. The molecule has 112 valence electrons. The lowest BCUT2D eigenvalue weighted by atomic mass is 9.98. The molecule has 0 radical (unpaired) electrons. The van der Waals surface area contributed by atoms with E-state index in [1.807, 2.05) is 18.2 Å². The van der Waals surface area contributed by atoms with Crippen LogP contribution in [0.15, 0.2) is 23.3 Å². The van der Waals surface area contributed by atoms with Gasteiger partial charge in [0.25, 0.3) is 0 Å². The Morgan fingerprint density at radius 1 is 1.55 bits per heavy atom. The molecular weight excluding hydrogens is 280 g/mol. The molecule has 3 rings (SSSR count). The van der Waals surface area contributed by atoms with Gasteiger partial charge >= 0.3 is 0 Å². The zero-order valence-electron chi connectivity index (χ0n) is 12.2. The average molecular weight is 296 g/mol. The average Bonchev–Trinajstić information content (AvgIpc) is 3.17. The number of amidine groups is 1. The number of nitrogens with one attached hydrogen (secondary N) is 2. The van der Waals surface area contributed by atoms with Crippen molar-refractivity contribution in [3.05, 3.63) is 23.8 Å². The molecule has 4 N–H and O–H groups in total. The Hall–Kier alpha value is -2.88. The topological polar surface area (TPSA) is 118 Å². The lowest BCUT2D eigenvalue weighted by Crippen LogP contribution is -2.28. The van der Waals surface area contributed by atoms with Crippen LogP contribution in [0.3, 0.4) is 0 Å². The molecule has 22 heavy (non-hydrogen) atoms. The van der Waals surface area contributed by atoms with Crippen molar-refractivity contribution in [1.82, 2.24) is 0 Å². The molecule has 0 atom stereocenters. The van der Waals surface area contributed by atoms with Gasteiger partial charge in [0.1, 0.15) is 6.07 Å². The molecule has 0 bridgehead atoms. The first-order valence-corrected chi connectivity index (χ1v) is 6.98. The van der Waals surface area contributed by atoms with Crippen LogP contribution in [-0.2, 0) is 10.2 Å². The van der Waals surface area contributed by atoms with Crippen LogP contribution in [0.25, 0.3) is 0 Å². The molecule has 1 aliphatic carbocycles. The van der Waals surface area contributed by atoms with Crippen molar-refractivity contribution >= 4 is 28.8 Å². The van der Waals surface area contributed by atoms with Gasteiger partial charge in [0.15, 0.2) is 5.84 Å². The number of carbonyl (C=O) groups excluding carboxylic acids is 1. The Morgan fingerprint density at radius 3 is 2.82 bits per heavy atom. The molecule has 0 saturated heterocycles. The van der Waals surface area contributed by atoms with E-state index in [1.54, 1.807) is 17.9 Å². The van der Waals surface area contributed by atoms with E-state index < -0.39 is 5.84 Å². The predicted molar refractivity (Wildman–Crippen MR) is 84.0 cm³/mol. The summed E-state index contributed by atoms with van der Waals surface area (Å²) in [5.41, 5.74) is 10.7. The molecule has 1 heterocycles. The van der Waals surface area contributed by atoms with Crippen LogP contribution in [-0.4, -0.2) is 24.0 Å². The molecule has 0 unspecified atom stereocenters. The second kappa shape index (κ2) is 4.84. The zero-order valence-corrected chi connectivity index (χ0v) is 12.2. The summed E-state index contributed by atoms with van der Waals surface area (Å²) < 4.78 is 0. The van der Waals surface area contributed by atoms with Gasteiger partial charge in [-0.15, -0.1) is 0 Å². The number of anilines is 2. The maximum atomic E-state index is 11.8. The van der Waals surface area contributed by atoms with Gasteiger partial charge in [-0.3, -0.25) is 15.6 Å². The van der Waals surface area contributed by atoms with Gasteiger partial charge in [0, 0.05) is 24.6 Å². The van der Waals surface area contributed by atoms with Gasteiger partial charge in [0.2, 0.25) is 11.6 Å². The number of hydrogen-bond donors (Lipinski definition) is 3. The van der Waals surface area contributed by atoms with Crippen molar-refractivity contribution in [3.8, 4) is 6.07 Å². The van der Waals surface area contributed by atoms with Crippen molar-refractivity contribution in [2.45, 2.75) is 25.2 Å². The number of carbonyl (C=O) groups is 1. The van der Waals surface area contributed by atoms with Crippen molar-refractivity contribution in [2.75, 3.05) is 16.9 Å². The fraction of sp³-hybridized carbons (Fsp3) is 0.333. The van der Waals surface area contributed by atoms with Gasteiger partial charge in [-0.05, 0) is 30.5 Å². The Balaban J connectivity index is 1.91. The van der Waals surface area contributed by atoms with E-state index in [2.05, 4.69) is 10.5 Å². The van der Waals surface area contributed by atoms with Crippen molar-refractivity contribution in [2.24, 2.45) is 10.8 Å². The Kier molecular flexibility index (Phi) is 3.10. The first-order valence-electron chi connectivity index (χ1n) is 6.98. The van der Waals surface area contributed by atoms with Gasteiger partial charge in [0.05, 0.1) is 5.69 Å². The van der Waals surface area contributed by atoms with E-state index in [-0.39, 0.29) is 17.0 Å². The number of nitrogens with two attached hydrogens (primary N) is 1. The van der Waals surface area contributed by atoms with E-state index in [9.17, 15) is 4.79 Å². The smallest absolute Gasteiger partial charge is 0.223 e. The van der Waals surface area contributed by atoms with E-state index in [0.29, 0.717) is 5.69 Å². The highest BCUT2D eigenvalue weighted by Gasteiger charge is 2.52. The van der Waals surface area contributed by atoms with Crippen LogP contribution >= 0.6 is 0 Å². The number of amides is 1. The summed E-state index contributed by atoms with van der Waals surface area (Å²) in [5.74, 6) is -0.370. The minimum atomic E-state index is -0.390. The molecular formula is C15H16N6O. The summed E-state index contributed by atoms with van der Waals surface area (Å²) in [5, 5.41) is 19.9. The van der Waals surface area contributed by atoms with Crippen LogP contribution in [0.1, 0.15) is 25.3 Å². The molecule has 7 nitrogen and oxygen atoms in total. The van der Waals surface area contributed by atoms with Crippen molar-refractivity contribution in [1.29, 1.82) is 10.7 Å². The lowest BCUT2D eigenvalue weighted by Gasteiger charge is -2.15. The molecule has 1 amide bonds. The van der Waals surface area contributed by atoms with Crippen LogP contribution in [0.4, 0.5) is 11.4 Å². The van der Waals surface area contributed by atoms with E-state index in [1.165, 1.54) is 5.56 Å². The summed E-state index contributed by atoms with van der Waals surface area (Å²) in [6.45, 7) is 2.30. The Labute approximate surface area is 127 Å². The largest absolute Gasteiger partial charge is 0.382 e. The fourth-order valence-electron chi connectivity index (χ4n) is 2.87. The minimum Gasteiger partial charge on any atom is -0.382 e. The predicted octanol–water partition coefficient (Wildman–Crippen LogP) is 1.31. The number of fused-ring (bicyclic) bond motifs is 2. The monoisotopic (exact) mass is 296 g/mol. The molecule has 1 aromatic rings. The van der Waals surface area contributed by atoms with Crippen LogP contribution in [0, 0.1) is 16.7 Å². The molecule has 1 fully saturated rings. The number of hydrogen-bond acceptors (Lipinski definition) is 5. The van der Waals surface area contributed by atoms with Gasteiger partial charge in [-0.2, -0.15) is 10.4 Å². The summed E-state index contributed by atoms with van der Waals surface area (Å²) in [4.78, 5) is 13.6. The molecule has 1 aromatic carbocycles. The highest BCUT2D eigenvalue weighted by atomic mass is 16.2. The van der Waals surface area contributed by atoms with Crippen molar-refractivity contribution < 1.29 is 4.79 Å². The van der Waals surface area contributed by atoms with Crippen LogP contribution < -0.4 is 16.1 Å². The Bertz CT molecular complexity index is 741. The summed E-state index contributed by atoms with van der Waals surface area (Å²) in [7, 11) is 0. The van der Waals surface area contributed by atoms with E-state index >= 15 is 0 Å². The number of benzene rings is 1. The molecule has 1 saturated carbocycles. The number of hydrazone groups is 1. The summed E-state index contributed by atoms with van der Waals surface area (Å²) in [6, 6.07) is 7.46. The van der Waals surface area contributed by atoms with Gasteiger partial charge in [-0.25, -0.2) is 0 Å². The first-order chi connectivity index (χ1) is 10.5. The summed E-state index contributed by atoms with van der Waals surface area (Å²) >= 11 is 0. The highest BCUT2D eigenvalue weighted by molar-refractivity contribution is 6.45. The minimum absolute atomic E-state index is 0.0205. The lowest BCUT2D eigenvalue weighted by molar-refractivity contribution is -0.116. The fourth-order valence-corrected chi connectivity index (χ4v) is 2.87. The molecule has 0 aromatic heterocycles. The first kappa shape index (κ1) is 14.1. The third-order valence-corrected chi connectivity index (χ3v) is 4.21. The second-order valence-corrected chi connectivity index (χ2v) is 5.72. The second-order valence-electron chi connectivity index (χ2n) is 5.72. The standard InChI is InChI=1S/C15H16N6O/c1-9(22)21-8-15(4-5-15)11-3-2-10(6-13(11)21)19-20-12(7-16)14(17)18/h2-3,6,19H,4-5,8H2,1H3,(H3,17,18)/b20-12+. The Morgan fingerprint density at radius 2 is 2.27 bits per heavy atom. The number of nitrogens with zero attached hydrogens (tertiary/aromatic N) is 3. The van der Waals surface area contributed by atoms with Crippen LogP contribution in [0.5, 0.6) is 0 Å². The third kappa shape index (κ3) is 2.19. The zero-order chi connectivity index (χ0) is 15.9. The number of rotatable bonds is 3. The molecule has 2 aliphatic rings. The van der Waals surface area contributed by atoms with E-state index in [4.69, 9.17) is 16.4 Å². The van der Waals surface area contributed by atoms with Crippen molar-refractivity contribution in [3.63, 3.8) is 0 Å². The molecule has 1 aliphatic heterocycles. The van der Waals surface area contributed by atoms with Gasteiger partial charge in [-0.1, -0.05) is 6.07 Å². The highest BCUT2D eigenvalue weighted by Crippen LogP contribution is 2.56. The summed E-state index contributed by atoms with van der Waals surface area (Å²) in [6.07, 6.45) is 2.22. The maximum Gasteiger partial charge on any atom is 0.223 e. The van der Waals surface area contributed by atoms with Gasteiger partial charge < -0.3 is 10.6 Å². The van der Waals surface area contributed by atoms with E-state index in [0.717, 1.165) is 25.1 Å². The normalized spacial score (nSPS) is 17.8. The third-order valence-electron chi connectivity index (χ3n) is 4.21. The molecule has 1 spiro atoms. The maximum absolute atomic E-state index is 11.8. The number of nitriles is 1.